The number of aromatic nitrogens is 1. The number of rotatable bonds is 7. The smallest absolute Gasteiger partial charge is 0.213 e. The van der Waals surface area contributed by atoms with Gasteiger partial charge < -0.3 is 14.5 Å². The van der Waals surface area contributed by atoms with E-state index in [9.17, 15) is 0 Å². The molecule has 2 aromatic heterocycles. The summed E-state index contributed by atoms with van der Waals surface area (Å²) in [5, 5.41) is 3.29. The van der Waals surface area contributed by atoms with E-state index in [1.807, 2.05) is 54.6 Å². The highest BCUT2D eigenvalue weighted by Crippen LogP contribution is 2.23. The van der Waals surface area contributed by atoms with Crippen LogP contribution < -0.4 is 10.1 Å². The fourth-order valence-electron chi connectivity index (χ4n) is 2.11. The first-order chi connectivity index (χ1) is 11.3. The highest BCUT2D eigenvalue weighted by Gasteiger charge is 2.04. The number of pyridine rings is 1. The van der Waals surface area contributed by atoms with Gasteiger partial charge in [0.25, 0.3) is 0 Å². The Bertz CT molecular complexity index is 726. The summed E-state index contributed by atoms with van der Waals surface area (Å²) in [6.07, 6.45) is 1.72. The lowest BCUT2D eigenvalue weighted by Crippen LogP contribution is -2.20. The molecule has 0 saturated carbocycles. The lowest BCUT2D eigenvalue weighted by Gasteiger charge is -2.05. The predicted octanol–water partition coefficient (Wildman–Crippen LogP) is 4.27. The summed E-state index contributed by atoms with van der Waals surface area (Å²) < 4.78 is 12.4. The summed E-state index contributed by atoms with van der Waals surface area (Å²) >= 11 is 3.43. The Morgan fingerprint density at radius 1 is 1.04 bits per heavy atom. The molecule has 0 atom stereocenters. The molecule has 23 heavy (non-hydrogen) atoms. The summed E-state index contributed by atoms with van der Waals surface area (Å²) in [4.78, 5) is 4.11. The monoisotopic (exact) mass is 372 g/mol. The average Bonchev–Trinajstić information content (AvgIpc) is 3.05. The van der Waals surface area contributed by atoms with E-state index >= 15 is 0 Å². The molecule has 0 bridgehead atoms. The van der Waals surface area contributed by atoms with Gasteiger partial charge >= 0.3 is 0 Å². The summed E-state index contributed by atoms with van der Waals surface area (Å²) in [5.41, 5.74) is 1.07. The number of benzene rings is 1. The number of ether oxygens (including phenoxy) is 1. The molecule has 5 heteroatoms. The van der Waals surface area contributed by atoms with Crippen molar-refractivity contribution in [3.8, 4) is 17.2 Å². The van der Waals surface area contributed by atoms with E-state index in [2.05, 4.69) is 26.2 Å². The van der Waals surface area contributed by atoms with Gasteiger partial charge in [-0.15, -0.1) is 0 Å². The van der Waals surface area contributed by atoms with Gasteiger partial charge in [0.1, 0.15) is 18.1 Å². The first-order valence-corrected chi connectivity index (χ1v) is 8.20. The Labute approximate surface area is 143 Å². The van der Waals surface area contributed by atoms with Crippen LogP contribution in [0.25, 0.3) is 11.3 Å². The molecule has 4 nitrogen and oxygen atoms in total. The first kappa shape index (κ1) is 15.8. The molecule has 1 N–H and O–H groups in total. The molecule has 0 radical (unpaired) electrons. The molecule has 3 rings (SSSR count). The molecule has 0 aliphatic heterocycles. The van der Waals surface area contributed by atoms with Crippen molar-refractivity contribution in [1.82, 2.24) is 10.3 Å². The predicted molar refractivity (Wildman–Crippen MR) is 93.3 cm³/mol. The Balaban J connectivity index is 1.43. The van der Waals surface area contributed by atoms with Crippen molar-refractivity contribution >= 4 is 15.9 Å². The van der Waals surface area contributed by atoms with Crippen molar-refractivity contribution < 1.29 is 9.15 Å². The van der Waals surface area contributed by atoms with E-state index in [-0.39, 0.29) is 0 Å². The molecular weight excluding hydrogens is 356 g/mol. The van der Waals surface area contributed by atoms with Gasteiger partial charge in [-0.1, -0.05) is 34.1 Å². The van der Waals surface area contributed by atoms with Crippen molar-refractivity contribution in [2.45, 2.75) is 6.54 Å². The van der Waals surface area contributed by atoms with Crippen LogP contribution in [0.2, 0.25) is 0 Å². The Morgan fingerprint density at radius 3 is 2.70 bits per heavy atom. The van der Waals surface area contributed by atoms with Crippen LogP contribution >= 0.6 is 15.9 Å². The van der Waals surface area contributed by atoms with E-state index in [1.165, 1.54) is 0 Å². The third-order valence-electron chi connectivity index (χ3n) is 3.26. The third-order valence-corrected chi connectivity index (χ3v) is 3.78. The largest absolute Gasteiger partial charge is 0.476 e. The van der Waals surface area contributed by atoms with Gasteiger partial charge in [0.05, 0.1) is 6.54 Å². The van der Waals surface area contributed by atoms with Crippen LogP contribution in [0.4, 0.5) is 0 Å². The number of nitrogens with one attached hydrogen (secondary N) is 1. The Hall–Kier alpha value is -2.11. The van der Waals surface area contributed by atoms with Gasteiger partial charge in [-0.05, 0) is 30.3 Å². The van der Waals surface area contributed by atoms with Gasteiger partial charge in [-0.25, -0.2) is 4.98 Å². The number of hydrogen-bond donors (Lipinski definition) is 1. The van der Waals surface area contributed by atoms with Crippen LogP contribution in [0.1, 0.15) is 5.76 Å². The maximum atomic E-state index is 5.84. The van der Waals surface area contributed by atoms with Crippen LogP contribution in [0, 0.1) is 0 Å². The number of furan rings is 1. The summed E-state index contributed by atoms with van der Waals surface area (Å²) in [7, 11) is 0. The summed E-state index contributed by atoms with van der Waals surface area (Å²) in [6, 6.07) is 17.7. The Kier molecular flexibility index (Phi) is 5.45. The highest BCUT2D eigenvalue weighted by atomic mass is 79.9. The lowest BCUT2D eigenvalue weighted by molar-refractivity contribution is 0.300. The van der Waals surface area contributed by atoms with Crippen LogP contribution in [-0.2, 0) is 6.54 Å². The molecule has 0 unspecified atom stereocenters. The van der Waals surface area contributed by atoms with E-state index in [4.69, 9.17) is 9.15 Å². The maximum absolute atomic E-state index is 5.84. The number of nitrogens with zero attached hydrogens (tertiary/aromatic N) is 1. The number of halogens is 1. The lowest BCUT2D eigenvalue weighted by atomic mass is 10.2. The van der Waals surface area contributed by atoms with Gasteiger partial charge in [0, 0.05) is 28.8 Å². The molecule has 0 spiro atoms. The fourth-order valence-corrected chi connectivity index (χ4v) is 2.38. The second-order valence-electron chi connectivity index (χ2n) is 4.97. The molecule has 0 aliphatic carbocycles. The number of hydrogen-bond acceptors (Lipinski definition) is 4. The van der Waals surface area contributed by atoms with Gasteiger partial charge in [0.15, 0.2) is 0 Å². The van der Waals surface area contributed by atoms with Crippen molar-refractivity contribution in [1.29, 1.82) is 0 Å². The van der Waals surface area contributed by atoms with Crippen molar-refractivity contribution in [2.24, 2.45) is 0 Å². The molecule has 0 aliphatic rings. The zero-order valence-electron chi connectivity index (χ0n) is 12.5. The molecule has 1 aromatic carbocycles. The first-order valence-electron chi connectivity index (χ1n) is 7.40. The van der Waals surface area contributed by atoms with E-state index < -0.39 is 0 Å². The molecule has 0 saturated heterocycles. The zero-order valence-corrected chi connectivity index (χ0v) is 14.1. The molecule has 0 fully saturated rings. The average molecular weight is 373 g/mol. The van der Waals surface area contributed by atoms with E-state index in [0.717, 1.165) is 28.1 Å². The summed E-state index contributed by atoms with van der Waals surface area (Å²) in [5.74, 6) is 2.42. The molecule has 118 valence electrons. The minimum atomic E-state index is 0.567. The van der Waals surface area contributed by atoms with Crippen LogP contribution in [0.15, 0.2) is 69.7 Å². The molecule has 2 heterocycles. The zero-order chi connectivity index (χ0) is 15.9. The summed E-state index contributed by atoms with van der Waals surface area (Å²) in [6.45, 7) is 1.96. The second-order valence-corrected chi connectivity index (χ2v) is 5.88. The van der Waals surface area contributed by atoms with Crippen LogP contribution in [-0.4, -0.2) is 18.1 Å². The maximum Gasteiger partial charge on any atom is 0.213 e. The fraction of sp³-hybridized carbons (Fsp3) is 0.167. The normalized spacial score (nSPS) is 10.7. The molecular formula is C18H17BrN2O2. The quantitative estimate of drug-likeness (QED) is 0.629. The van der Waals surface area contributed by atoms with Crippen LogP contribution in [0.5, 0.6) is 5.88 Å². The van der Waals surface area contributed by atoms with Gasteiger partial charge in [-0.2, -0.15) is 0 Å². The molecule has 3 aromatic rings. The van der Waals surface area contributed by atoms with Crippen molar-refractivity contribution in [3.63, 3.8) is 0 Å². The third kappa shape index (κ3) is 4.68. The van der Waals surface area contributed by atoms with Crippen molar-refractivity contribution in [2.75, 3.05) is 13.2 Å². The van der Waals surface area contributed by atoms with E-state index in [0.29, 0.717) is 19.0 Å². The standard InChI is InChI=1S/C18H17BrN2O2/c19-15-6-4-14(5-7-15)17-9-8-16(23-17)13-20-11-12-22-18-3-1-2-10-21-18/h1-10,20H,11-13H2. The second kappa shape index (κ2) is 7.94. The highest BCUT2D eigenvalue weighted by molar-refractivity contribution is 9.10. The minimum Gasteiger partial charge on any atom is -0.476 e. The van der Waals surface area contributed by atoms with Crippen molar-refractivity contribution in [3.05, 3.63) is 71.0 Å². The van der Waals surface area contributed by atoms with E-state index in [1.54, 1.807) is 6.20 Å². The minimum absolute atomic E-state index is 0.567. The van der Waals surface area contributed by atoms with Gasteiger partial charge in [-0.3, -0.25) is 0 Å². The van der Waals surface area contributed by atoms with Crippen LogP contribution in [0.3, 0.4) is 0 Å². The topological polar surface area (TPSA) is 47.3 Å². The van der Waals surface area contributed by atoms with Gasteiger partial charge in [0.2, 0.25) is 5.88 Å². The SMILES string of the molecule is Brc1ccc(-c2ccc(CNCCOc3ccccn3)o2)cc1. The molecule has 0 amide bonds. The Morgan fingerprint density at radius 2 is 1.91 bits per heavy atom.